The van der Waals surface area contributed by atoms with Crippen LogP contribution >= 0.6 is 0 Å². The molecule has 0 rings (SSSR count). The van der Waals surface area contributed by atoms with Crippen LogP contribution in [0.25, 0.3) is 0 Å². The van der Waals surface area contributed by atoms with E-state index in [1.165, 1.54) is 0 Å². The molecule has 0 amide bonds. The molecule has 0 fully saturated rings. The second-order valence-corrected chi connectivity index (χ2v) is 0. The van der Waals surface area contributed by atoms with Crippen molar-refractivity contribution < 1.29 is 38.8 Å². The summed E-state index contributed by atoms with van der Waals surface area (Å²) in [4.78, 5) is 0. The zero-order chi connectivity index (χ0) is 0. The molecule has 0 aliphatic rings. The minimum absolute atomic E-state index is 0. The zero-order valence-electron chi connectivity index (χ0n) is 1.59. The van der Waals surface area contributed by atoms with Crippen molar-refractivity contribution >= 4 is 75.3 Å². The fraction of sp³-hybridized carbons (Fsp3) is 0. The van der Waals surface area contributed by atoms with Gasteiger partial charge in [0.25, 0.3) is 0 Å². The summed E-state index contributed by atoms with van der Waals surface area (Å²) in [5, 5.41) is 0. The van der Waals surface area contributed by atoms with Crippen molar-refractivity contribution in [3.8, 4) is 0 Å². The molecule has 0 aromatic heterocycles. The van der Waals surface area contributed by atoms with E-state index in [0.717, 1.165) is 0 Å². The van der Waals surface area contributed by atoms with Gasteiger partial charge in [0.1, 0.15) is 0 Å². The summed E-state index contributed by atoms with van der Waals surface area (Å²) >= 11 is 0. The molecule has 0 saturated carbocycles. The van der Waals surface area contributed by atoms with Crippen molar-refractivity contribution in [2.75, 3.05) is 0 Å². The van der Waals surface area contributed by atoms with Crippen LogP contribution < -0.4 is 0 Å². The Morgan fingerprint density at radius 3 is 1.00 bits per heavy atom. The van der Waals surface area contributed by atoms with Crippen LogP contribution in [-0.2, 0) is 38.8 Å². The fourth-order valence-corrected chi connectivity index (χ4v) is 0. The molecule has 0 heterocycles. The number of hydrogen-bond donors (Lipinski definition) is 0. The SMILES string of the molecule is [AlH3].[MgH2].[Mn].[SiH4].[SnH2].[Ti]. The molecular formula is H11AlMgMnSiSnTi. The summed E-state index contributed by atoms with van der Waals surface area (Å²) in [5.41, 5.74) is 0. The largest absolute Gasteiger partial charge is 0 e. The molecule has 0 atom stereocenters. The first kappa shape index (κ1) is 55.4. The fourth-order valence-electron chi connectivity index (χ4n) is 0. The maximum Gasteiger partial charge on any atom is 0 e. The molecule has 0 saturated heterocycles. The summed E-state index contributed by atoms with van der Waals surface area (Å²) < 4.78 is 0. The predicted octanol–water partition coefficient (Wildman–Crippen LogP) is -4.47. The summed E-state index contributed by atoms with van der Waals surface area (Å²) in [6.45, 7) is 0. The van der Waals surface area contributed by atoms with Gasteiger partial charge >= 0.3 is 47.0 Å². The third-order valence-corrected chi connectivity index (χ3v) is 0. The quantitative estimate of drug-likeness (QED) is 0.396. The maximum atomic E-state index is 0. The van der Waals surface area contributed by atoms with E-state index in [9.17, 15) is 0 Å². The number of hydrogen-bond acceptors (Lipinski definition) is 0. The van der Waals surface area contributed by atoms with Gasteiger partial charge in [0.2, 0.25) is 0 Å². The Kier molecular flexibility index (Phi) is 357. The van der Waals surface area contributed by atoms with Crippen LogP contribution in [0.2, 0.25) is 0 Å². The van der Waals surface area contributed by atoms with Crippen molar-refractivity contribution in [3.05, 3.63) is 0 Å². The summed E-state index contributed by atoms with van der Waals surface area (Å²) in [7, 11) is 0. The molecule has 6 heteroatoms. The van der Waals surface area contributed by atoms with E-state index >= 15 is 0 Å². The topological polar surface area (TPSA) is 0 Å². The first-order valence-corrected chi connectivity index (χ1v) is 0. The van der Waals surface area contributed by atoms with E-state index in [4.69, 9.17) is 0 Å². The first-order chi connectivity index (χ1) is 0. The molecule has 0 bridgehead atoms. The van der Waals surface area contributed by atoms with Gasteiger partial charge in [-0.05, 0) is 11.0 Å². The standard InChI is InChI=1S/Al.Mg.Mn.H4Si.Sn.Ti.7H/h;;;1H4;;;;;;;;;. The molecule has 35 valence electrons. The van der Waals surface area contributed by atoms with Gasteiger partial charge in [-0.3, -0.25) is 0 Å². The van der Waals surface area contributed by atoms with Crippen LogP contribution in [0.3, 0.4) is 0 Å². The van der Waals surface area contributed by atoms with Gasteiger partial charge in [-0.25, -0.2) is 0 Å². The molecule has 0 spiro atoms. The second kappa shape index (κ2) is 38.7. The van der Waals surface area contributed by atoms with E-state index in [1.807, 2.05) is 0 Å². The normalized spacial score (nSPS) is 0. The Hall–Kier alpha value is 3.55. The molecule has 0 N–H and O–H groups in total. The molecule has 6 heavy (non-hydrogen) atoms. The minimum atomic E-state index is 0. The molecular weight excluding hydrogens is 301 g/mol. The summed E-state index contributed by atoms with van der Waals surface area (Å²) in [5.74, 6) is 0. The van der Waals surface area contributed by atoms with Gasteiger partial charge in [0.05, 0.1) is 0 Å². The van der Waals surface area contributed by atoms with E-state index < -0.39 is 0 Å². The van der Waals surface area contributed by atoms with Crippen molar-refractivity contribution in [1.29, 1.82) is 0 Å². The van der Waals surface area contributed by atoms with E-state index in [2.05, 4.69) is 0 Å². The maximum absolute atomic E-state index is 0. The van der Waals surface area contributed by atoms with Gasteiger partial charge in [-0.15, -0.1) is 0 Å². The van der Waals surface area contributed by atoms with Crippen LogP contribution in [0.5, 0.6) is 0 Å². The molecule has 0 nitrogen and oxygen atoms in total. The molecule has 0 unspecified atom stereocenters. The van der Waals surface area contributed by atoms with Crippen molar-refractivity contribution in [2.45, 2.75) is 0 Å². The van der Waals surface area contributed by atoms with Crippen molar-refractivity contribution in [1.82, 2.24) is 0 Å². The number of rotatable bonds is 0. The van der Waals surface area contributed by atoms with Crippen molar-refractivity contribution in [2.24, 2.45) is 0 Å². The first-order valence-electron chi connectivity index (χ1n) is 0. The summed E-state index contributed by atoms with van der Waals surface area (Å²) in [6, 6.07) is 0. The smallest absolute Gasteiger partial charge is 0 e. The second-order valence-electron chi connectivity index (χ2n) is 0. The zero-order valence-corrected chi connectivity index (χ0v) is 8.36. The van der Waals surface area contributed by atoms with Crippen LogP contribution in [0.4, 0.5) is 0 Å². The molecule has 0 aromatic carbocycles. The van der Waals surface area contributed by atoms with Gasteiger partial charge in [0.15, 0.2) is 17.4 Å². The van der Waals surface area contributed by atoms with Crippen LogP contribution in [0.15, 0.2) is 0 Å². The van der Waals surface area contributed by atoms with Gasteiger partial charge in [0, 0.05) is 38.8 Å². The Morgan fingerprint density at radius 1 is 1.00 bits per heavy atom. The van der Waals surface area contributed by atoms with E-state index in [1.54, 1.807) is 0 Å². The van der Waals surface area contributed by atoms with Crippen LogP contribution in [0, 0.1) is 0 Å². The Bertz CT molecular complexity index is 15.5. The minimum Gasteiger partial charge on any atom is 0 e. The Labute approximate surface area is 112 Å². The summed E-state index contributed by atoms with van der Waals surface area (Å²) in [6.07, 6.45) is 0. The third-order valence-electron chi connectivity index (χ3n) is 0. The molecule has 0 aliphatic carbocycles. The molecule has 3 radical (unpaired) electrons. The van der Waals surface area contributed by atoms with Crippen molar-refractivity contribution in [3.63, 3.8) is 0 Å². The van der Waals surface area contributed by atoms with Crippen LogP contribution in [-0.4, -0.2) is 75.3 Å². The Morgan fingerprint density at radius 2 is 1.00 bits per heavy atom. The van der Waals surface area contributed by atoms with E-state index in [0.29, 0.717) is 0 Å². The average Bonchev–Trinajstić information content (AvgIpc) is 0. The average molecular weight is 312 g/mol. The van der Waals surface area contributed by atoms with E-state index in [-0.39, 0.29) is 114 Å². The predicted molar refractivity (Wildman–Crippen MR) is 38.4 cm³/mol. The monoisotopic (exact) mass is 313 g/mol. The Balaban J connectivity index is 0. The third kappa shape index (κ3) is 25.7. The molecule has 0 aliphatic heterocycles. The molecule has 0 aromatic rings. The van der Waals surface area contributed by atoms with Crippen LogP contribution in [0.1, 0.15) is 0 Å². The van der Waals surface area contributed by atoms with Gasteiger partial charge in [-0.2, -0.15) is 0 Å². The van der Waals surface area contributed by atoms with Gasteiger partial charge in [-0.1, -0.05) is 0 Å². The van der Waals surface area contributed by atoms with Gasteiger partial charge < -0.3 is 0 Å².